The zero-order chi connectivity index (χ0) is 19.7. The summed E-state index contributed by atoms with van der Waals surface area (Å²) in [4.78, 5) is 9.63. The van der Waals surface area contributed by atoms with E-state index < -0.39 is 0 Å². The highest BCUT2D eigenvalue weighted by Gasteiger charge is 2.14. The van der Waals surface area contributed by atoms with Gasteiger partial charge < -0.3 is 10.2 Å². The van der Waals surface area contributed by atoms with E-state index in [1.165, 1.54) is 0 Å². The molecule has 1 aromatic heterocycles. The van der Waals surface area contributed by atoms with Crippen LogP contribution in [-0.2, 0) is 6.42 Å². The lowest BCUT2D eigenvalue weighted by molar-refractivity contribution is 0.466. The third-order valence-corrected chi connectivity index (χ3v) is 4.88. The Morgan fingerprint density at radius 3 is 1.74 bits per heavy atom. The molecule has 0 aliphatic carbocycles. The molecule has 1 heterocycles. The van der Waals surface area contributed by atoms with Crippen molar-refractivity contribution in [2.24, 2.45) is 0 Å². The van der Waals surface area contributed by atoms with Crippen molar-refractivity contribution >= 4 is 0 Å². The zero-order valence-corrected chi connectivity index (χ0v) is 16.6. The molecular weight excluding hydrogens is 336 g/mol. The zero-order valence-electron chi connectivity index (χ0n) is 16.6. The van der Waals surface area contributed by atoms with Gasteiger partial charge in [0.25, 0.3) is 0 Å². The number of aryl methyl sites for hydroxylation is 5. The molecule has 0 atom stereocenters. The molecule has 0 bridgehead atoms. The summed E-state index contributed by atoms with van der Waals surface area (Å²) in [6.07, 6.45) is 3.58. The van der Waals surface area contributed by atoms with Crippen LogP contribution in [0.4, 0.5) is 0 Å². The molecule has 0 spiro atoms. The van der Waals surface area contributed by atoms with Crippen LogP contribution >= 0.6 is 0 Å². The molecule has 2 aromatic carbocycles. The van der Waals surface area contributed by atoms with Gasteiger partial charge in [0.2, 0.25) is 0 Å². The third-order valence-electron chi connectivity index (χ3n) is 4.88. The maximum Gasteiger partial charge on any atom is 0.121 e. The Labute approximate surface area is 160 Å². The first kappa shape index (κ1) is 18.9. The third kappa shape index (κ3) is 3.65. The van der Waals surface area contributed by atoms with E-state index in [4.69, 9.17) is 9.97 Å². The number of phenols is 2. The normalized spacial score (nSPS) is 11.0. The molecule has 0 aliphatic rings. The highest BCUT2D eigenvalue weighted by Crippen LogP contribution is 2.32. The fraction of sp³-hybridized carbons (Fsp3) is 0.304. The summed E-state index contributed by atoms with van der Waals surface area (Å²) in [6.45, 7) is 9.70. The second kappa shape index (κ2) is 7.39. The number of benzene rings is 2. The Kier molecular flexibility index (Phi) is 5.17. The SMILES string of the molecule is CCCc1nc(-c2cc(C)c(O)c(C)c2)cnc1-c1cc(C)c(O)c(C)c1. The summed E-state index contributed by atoms with van der Waals surface area (Å²) in [6, 6.07) is 7.80. The molecule has 2 N–H and O–H groups in total. The standard InChI is InChI=1S/C23H26N2O2/c1-6-7-19-21(18-10-15(4)23(27)16(5)11-18)24-12-20(25-19)17-8-13(2)22(26)14(3)9-17/h8-12,26-27H,6-7H2,1-5H3. The van der Waals surface area contributed by atoms with Gasteiger partial charge in [0.1, 0.15) is 11.5 Å². The molecule has 4 nitrogen and oxygen atoms in total. The van der Waals surface area contributed by atoms with E-state index in [1.54, 1.807) is 6.20 Å². The lowest BCUT2D eigenvalue weighted by Gasteiger charge is -2.13. The summed E-state index contributed by atoms with van der Waals surface area (Å²) in [5.41, 5.74) is 7.88. The van der Waals surface area contributed by atoms with Gasteiger partial charge in [-0.2, -0.15) is 0 Å². The highest BCUT2D eigenvalue weighted by atomic mass is 16.3. The van der Waals surface area contributed by atoms with Gasteiger partial charge in [-0.1, -0.05) is 13.3 Å². The Balaban J connectivity index is 2.14. The lowest BCUT2D eigenvalue weighted by atomic mass is 10.00. The molecule has 4 heteroatoms. The summed E-state index contributed by atoms with van der Waals surface area (Å²) in [7, 11) is 0. The molecule has 3 aromatic rings. The van der Waals surface area contributed by atoms with E-state index in [-0.39, 0.29) is 0 Å². The molecule has 0 unspecified atom stereocenters. The monoisotopic (exact) mass is 362 g/mol. The number of aromatic hydroxyl groups is 2. The maximum absolute atomic E-state index is 10.1. The van der Waals surface area contributed by atoms with Gasteiger partial charge in [0, 0.05) is 11.1 Å². The number of phenolic OH excluding ortho intramolecular Hbond substituents is 2. The van der Waals surface area contributed by atoms with E-state index in [2.05, 4.69) is 6.92 Å². The van der Waals surface area contributed by atoms with Crippen molar-refractivity contribution in [2.45, 2.75) is 47.5 Å². The van der Waals surface area contributed by atoms with E-state index in [9.17, 15) is 10.2 Å². The van der Waals surface area contributed by atoms with Crippen molar-refractivity contribution in [3.8, 4) is 34.0 Å². The molecule has 0 saturated carbocycles. The molecule has 0 aliphatic heterocycles. The minimum Gasteiger partial charge on any atom is -0.507 e. The first-order valence-electron chi connectivity index (χ1n) is 9.28. The Morgan fingerprint density at radius 1 is 0.778 bits per heavy atom. The Hall–Kier alpha value is -2.88. The number of aromatic nitrogens is 2. The van der Waals surface area contributed by atoms with E-state index >= 15 is 0 Å². The largest absolute Gasteiger partial charge is 0.507 e. The summed E-state index contributed by atoms with van der Waals surface area (Å²) in [5.74, 6) is 0.655. The first-order valence-corrected chi connectivity index (χ1v) is 9.28. The highest BCUT2D eigenvalue weighted by molar-refractivity contribution is 5.69. The van der Waals surface area contributed by atoms with Crippen LogP contribution in [-0.4, -0.2) is 20.2 Å². The predicted octanol–water partition coefficient (Wildman–Crippen LogP) is 5.41. The van der Waals surface area contributed by atoms with Gasteiger partial charge >= 0.3 is 0 Å². The predicted molar refractivity (Wildman–Crippen MR) is 109 cm³/mol. The number of rotatable bonds is 4. The van der Waals surface area contributed by atoms with Crippen LogP contribution in [0.25, 0.3) is 22.5 Å². The van der Waals surface area contributed by atoms with E-state index in [0.717, 1.165) is 63.3 Å². The Bertz CT molecular complexity index is 963. The van der Waals surface area contributed by atoms with E-state index in [0.29, 0.717) is 11.5 Å². The maximum atomic E-state index is 10.1. The average Bonchev–Trinajstić information content (AvgIpc) is 2.63. The quantitative estimate of drug-likeness (QED) is 0.651. The summed E-state index contributed by atoms with van der Waals surface area (Å²) in [5, 5.41) is 20.1. The molecular formula is C23H26N2O2. The summed E-state index contributed by atoms with van der Waals surface area (Å²) >= 11 is 0. The lowest BCUT2D eigenvalue weighted by Crippen LogP contribution is -2.00. The van der Waals surface area contributed by atoms with E-state index in [1.807, 2.05) is 52.0 Å². The van der Waals surface area contributed by atoms with Crippen LogP contribution in [0.5, 0.6) is 11.5 Å². The van der Waals surface area contributed by atoms with Gasteiger partial charge in [-0.3, -0.25) is 4.98 Å². The number of hydrogen-bond donors (Lipinski definition) is 2. The molecule has 0 fully saturated rings. The number of nitrogens with zero attached hydrogens (tertiary/aromatic N) is 2. The van der Waals surface area contributed by atoms with Crippen LogP contribution in [0.1, 0.15) is 41.3 Å². The van der Waals surface area contributed by atoms with Crippen LogP contribution < -0.4 is 0 Å². The average molecular weight is 362 g/mol. The molecule has 0 radical (unpaired) electrons. The minimum absolute atomic E-state index is 0.326. The molecule has 140 valence electrons. The van der Waals surface area contributed by atoms with Gasteiger partial charge in [0.15, 0.2) is 0 Å². The van der Waals surface area contributed by atoms with Crippen LogP contribution in [0.2, 0.25) is 0 Å². The Morgan fingerprint density at radius 2 is 1.26 bits per heavy atom. The smallest absolute Gasteiger partial charge is 0.121 e. The molecule has 0 amide bonds. The van der Waals surface area contributed by atoms with Crippen molar-refractivity contribution in [1.29, 1.82) is 0 Å². The van der Waals surface area contributed by atoms with Gasteiger partial charge in [0.05, 0.1) is 23.3 Å². The number of hydrogen-bond acceptors (Lipinski definition) is 4. The molecule has 0 saturated heterocycles. The fourth-order valence-electron chi connectivity index (χ4n) is 3.42. The van der Waals surface area contributed by atoms with Crippen molar-refractivity contribution in [3.05, 3.63) is 58.4 Å². The van der Waals surface area contributed by atoms with Crippen LogP contribution in [0.15, 0.2) is 30.5 Å². The second-order valence-electron chi connectivity index (χ2n) is 7.22. The van der Waals surface area contributed by atoms with Gasteiger partial charge in [-0.25, -0.2) is 4.98 Å². The minimum atomic E-state index is 0.326. The first-order chi connectivity index (χ1) is 12.8. The second-order valence-corrected chi connectivity index (χ2v) is 7.22. The van der Waals surface area contributed by atoms with Crippen molar-refractivity contribution in [2.75, 3.05) is 0 Å². The topological polar surface area (TPSA) is 66.2 Å². The van der Waals surface area contributed by atoms with Crippen molar-refractivity contribution < 1.29 is 10.2 Å². The summed E-state index contributed by atoms with van der Waals surface area (Å²) < 4.78 is 0. The van der Waals surface area contributed by atoms with Gasteiger partial charge in [-0.05, 0) is 80.6 Å². The van der Waals surface area contributed by atoms with Crippen molar-refractivity contribution in [3.63, 3.8) is 0 Å². The van der Waals surface area contributed by atoms with Gasteiger partial charge in [-0.15, -0.1) is 0 Å². The van der Waals surface area contributed by atoms with Crippen molar-refractivity contribution in [1.82, 2.24) is 9.97 Å². The van der Waals surface area contributed by atoms with Crippen LogP contribution in [0.3, 0.4) is 0 Å². The molecule has 27 heavy (non-hydrogen) atoms. The molecule has 3 rings (SSSR count). The van der Waals surface area contributed by atoms with Crippen LogP contribution in [0, 0.1) is 27.7 Å². The fourth-order valence-corrected chi connectivity index (χ4v) is 3.42.